The second-order valence-corrected chi connectivity index (χ2v) is 14.4. The molecule has 0 radical (unpaired) electrons. The van der Waals surface area contributed by atoms with Crippen molar-refractivity contribution < 1.29 is 18.3 Å². The van der Waals surface area contributed by atoms with Crippen molar-refractivity contribution in [2.75, 3.05) is 23.7 Å². The molecular weight excluding hydrogens is 506 g/mol. The second kappa shape index (κ2) is 11.5. The van der Waals surface area contributed by atoms with E-state index < -0.39 is 15.4 Å². The predicted molar refractivity (Wildman–Crippen MR) is 151 cm³/mol. The highest BCUT2D eigenvalue weighted by Gasteiger charge is 2.34. The summed E-state index contributed by atoms with van der Waals surface area (Å²) in [6.07, 6.45) is 4.94. The van der Waals surface area contributed by atoms with Gasteiger partial charge in [0.1, 0.15) is 5.78 Å². The Morgan fingerprint density at radius 1 is 1.05 bits per heavy atom. The molecule has 202 valence electrons. The van der Waals surface area contributed by atoms with Crippen molar-refractivity contribution in [2.45, 2.75) is 76.6 Å². The van der Waals surface area contributed by atoms with E-state index in [9.17, 15) is 18.3 Å². The number of nitrogens with zero attached hydrogens (tertiary/aromatic N) is 1. The van der Waals surface area contributed by atoms with Crippen LogP contribution in [0.2, 0.25) is 5.02 Å². The second-order valence-electron chi connectivity index (χ2n) is 11.4. The van der Waals surface area contributed by atoms with Crippen LogP contribution in [0.1, 0.15) is 69.1 Å². The van der Waals surface area contributed by atoms with Gasteiger partial charge in [0.15, 0.2) is 9.84 Å². The number of aliphatic hydroxyl groups is 1. The van der Waals surface area contributed by atoms with Crippen molar-refractivity contribution in [1.82, 2.24) is 0 Å². The van der Waals surface area contributed by atoms with E-state index in [1.807, 2.05) is 24.3 Å². The number of aryl methyl sites for hydroxylation is 1. The number of Topliss-reactive ketones (excluding diaryl/α,β-unsaturated/α-hetero) is 1. The molecule has 37 heavy (non-hydrogen) atoms. The maximum atomic E-state index is 13.1. The lowest BCUT2D eigenvalue weighted by Gasteiger charge is -2.40. The smallest absolute Gasteiger partial charge is 0.152 e. The Kier molecular flexibility index (Phi) is 8.72. The fraction of sp³-hybridized carbons (Fsp3) is 0.567. The summed E-state index contributed by atoms with van der Waals surface area (Å²) in [5, 5.41) is 11.5. The first-order valence-corrected chi connectivity index (χ1v) is 15.6. The van der Waals surface area contributed by atoms with Gasteiger partial charge in [-0.1, -0.05) is 29.8 Å². The summed E-state index contributed by atoms with van der Waals surface area (Å²) in [6.45, 7) is 7.06. The van der Waals surface area contributed by atoms with E-state index in [2.05, 4.69) is 30.0 Å². The summed E-state index contributed by atoms with van der Waals surface area (Å²) in [6, 6.07) is 13.8. The number of carbonyl (C=O) groups is 1. The van der Waals surface area contributed by atoms with E-state index >= 15 is 0 Å². The van der Waals surface area contributed by atoms with Gasteiger partial charge in [-0.15, -0.1) is 0 Å². The van der Waals surface area contributed by atoms with Crippen molar-refractivity contribution in [3.05, 3.63) is 64.2 Å². The number of carbonyl (C=O) groups excluding carboxylic acids is 1. The molecule has 1 aliphatic heterocycles. The van der Waals surface area contributed by atoms with Crippen LogP contribution in [0.4, 0.5) is 5.69 Å². The van der Waals surface area contributed by atoms with E-state index in [1.54, 1.807) is 13.8 Å². The first-order chi connectivity index (χ1) is 17.5. The topological polar surface area (TPSA) is 74.7 Å². The quantitative estimate of drug-likeness (QED) is 0.448. The van der Waals surface area contributed by atoms with Gasteiger partial charge in [0, 0.05) is 36.1 Å². The van der Waals surface area contributed by atoms with Crippen molar-refractivity contribution in [3.63, 3.8) is 0 Å². The molecule has 0 amide bonds. The average Bonchev–Trinajstić information content (AvgIpc) is 2.86. The molecule has 1 saturated heterocycles. The molecule has 2 aromatic carbocycles. The van der Waals surface area contributed by atoms with Gasteiger partial charge in [-0.3, -0.25) is 4.79 Å². The van der Waals surface area contributed by atoms with Crippen molar-refractivity contribution in [3.8, 4) is 0 Å². The van der Waals surface area contributed by atoms with Gasteiger partial charge in [0.25, 0.3) is 0 Å². The minimum absolute atomic E-state index is 0.0321. The highest BCUT2D eigenvalue weighted by molar-refractivity contribution is 7.91. The zero-order chi connectivity index (χ0) is 26.8. The van der Waals surface area contributed by atoms with E-state index in [1.165, 1.54) is 0 Å². The largest absolute Gasteiger partial charge is 0.385 e. The average molecular weight is 546 g/mol. The highest BCUT2D eigenvalue weighted by atomic mass is 35.5. The first kappa shape index (κ1) is 28.1. The molecule has 0 bridgehead atoms. The van der Waals surface area contributed by atoms with Crippen LogP contribution in [0, 0.1) is 18.8 Å². The molecule has 0 unspecified atom stereocenters. The number of ketones is 1. The summed E-state index contributed by atoms with van der Waals surface area (Å²) >= 11 is 6.01. The number of halogens is 1. The lowest BCUT2D eigenvalue weighted by molar-refractivity contribution is -0.123. The zero-order valence-electron chi connectivity index (χ0n) is 22.2. The molecule has 1 saturated carbocycles. The number of hydrogen-bond donors (Lipinski definition) is 1. The van der Waals surface area contributed by atoms with E-state index in [-0.39, 0.29) is 28.6 Å². The van der Waals surface area contributed by atoms with Gasteiger partial charge in [-0.2, -0.15) is 0 Å². The number of benzene rings is 2. The van der Waals surface area contributed by atoms with E-state index in [4.69, 9.17) is 11.6 Å². The van der Waals surface area contributed by atoms with Crippen LogP contribution in [0.3, 0.4) is 0 Å². The number of piperidine rings is 1. The Morgan fingerprint density at radius 2 is 1.68 bits per heavy atom. The molecule has 4 rings (SSSR count). The van der Waals surface area contributed by atoms with E-state index in [0.29, 0.717) is 24.3 Å². The monoisotopic (exact) mass is 545 g/mol. The molecule has 2 aliphatic rings. The molecule has 2 aromatic rings. The van der Waals surface area contributed by atoms with Gasteiger partial charge in [0.2, 0.25) is 0 Å². The summed E-state index contributed by atoms with van der Waals surface area (Å²) in [4.78, 5) is 15.4. The van der Waals surface area contributed by atoms with Crippen LogP contribution in [-0.4, -0.2) is 43.4 Å². The van der Waals surface area contributed by atoms with Crippen LogP contribution < -0.4 is 4.90 Å². The zero-order valence-corrected chi connectivity index (χ0v) is 23.8. The van der Waals surface area contributed by atoms with Gasteiger partial charge in [-0.05, 0) is 106 Å². The van der Waals surface area contributed by atoms with Crippen LogP contribution in [-0.2, 0) is 26.7 Å². The number of sulfone groups is 1. The third-order valence-electron chi connectivity index (χ3n) is 8.52. The Morgan fingerprint density at radius 3 is 2.24 bits per heavy atom. The van der Waals surface area contributed by atoms with Gasteiger partial charge in [-0.25, -0.2) is 8.42 Å². The molecule has 1 heterocycles. The predicted octanol–water partition coefficient (Wildman–Crippen LogP) is 5.88. The molecule has 1 N–H and O–H groups in total. The van der Waals surface area contributed by atoms with Crippen LogP contribution in [0.25, 0.3) is 0 Å². The molecule has 1 aliphatic carbocycles. The Balaban J connectivity index is 1.30. The standard InChI is InChI=1S/C30H40ClNO4S/c1-21(2)37(35,36)20-23-4-6-24(7-5-23)29(33)19-25-8-13-28(18-22(25)3)32-16-14-30(34,15-17-32)26-9-11-27(31)12-10-26/h8-13,18,21,23-24,34H,4-7,14-17,19-20H2,1-3H3. The Bertz CT molecular complexity index is 1190. The minimum atomic E-state index is -3.03. The third-order valence-corrected chi connectivity index (χ3v) is 11.1. The summed E-state index contributed by atoms with van der Waals surface area (Å²) in [5.41, 5.74) is 3.38. The molecule has 0 atom stereocenters. The SMILES string of the molecule is Cc1cc(N2CCC(O)(c3ccc(Cl)cc3)CC2)ccc1CC(=O)C1CCC(CS(=O)(=O)C(C)C)CC1. The van der Waals surface area contributed by atoms with Crippen molar-refractivity contribution >= 4 is 32.9 Å². The third kappa shape index (κ3) is 6.76. The van der Waals surface area contributed by atoms with Gasteiger partial charge >= 0.3 is 0 Å². The van der Waals surface area contributed by atoms with Crippen molar-refractivity contribution in [1.29, 1.82) is 0 Å². The normalized spacial score (nSPS) is 22.3. The fourth-order valence-corrected chi connectivity index (χ4v) is 7.26. The summed E-state index contributed by atoms with van der Waals surface area (Å²) in [5.74, 6) is 0.732. The fourth-order valence-electron chi connectivity index (χ4n) is 5.76. The highest BCUT2D eigenvalue weighted by Crippen LogP contribution is 2.36. The minimum Gasteiger partial charge on any atom is -0.385 e. The maximum absolute atomic E-state index is 13.1. The van der Waals surface area contributed by atoms with Gasteiger partial charge in [0.05, 0.1) is 16.6 Å². The van der Waals surface area contributed by atoms with Crippen LogP contribution in [0.15, 0.2) is 42.5 Å². The first-order valence-electron chi connectivity index (χ1n) is 13.5. The number of anilines is 1. The van der Waals surface area contributed by atoms with Crippen LogP contribution in [0.5, 0.6) is 0 Å². The lowest BCUT2D eigenvalue weighted by atomic mass is 9.79. The van der Waals surface area contributed by atoms with Crippen LogP contribution >= 0.6 is 11.6 Å². The number of hydrogen-bond acceptors (Lipinski definition) is 5. The molecule has 0 aromatic heterocycles. The Labute approximate surface area is 227 Å². The molecular formula is C30H40ClNO4S. The Hall–Kier alpha value is -1.89. The summed E-state index contributed by atoms with van der Waals surface area (Å²) < 4.78 is 24.5. The summed E-state index contributed by atoms with van der Waals surface area (Å²) in [7, 11) is -3.03. The maximum Gasteiger partial charge on any atom is 0.152 e. The molecule has 0 spiro atoms. The lowest BCUT2D eigenvalue weighted by Crippen LogP contribution is -2.42. The number of rotatable bonds is 8. The molecule has 7 heteroatoms. The van der Waals surface area contributed by atoms with Crippen molar-refractivity contribution in [2.24, 2.45) is 11.8 Å². The molecule has 5 nitrogen and oxygen atoms in total. The van der Waals surface area contributed by atoms with Gasteiger partial charge < -0.3 is 10.0 Å². The molecule has 2 fully saturated rings. The van der Waals surface area contributed by atoms with E-state index in [0.717, 1.165) is 61.2 Å².